The molecule has 2 N–H and O–H groups in total. The molecule has 1 aromatic rings. The second kappa shape index (κ2) is 7.43. The van der Waals surface area contributed by atoms with Gasteiger partial charge in [-0.3, -0.25) is 4.79 Å². The van der Waals surface area contributed by atoms with E-state index in [0.717, 1.165) is 0 Å². The predicted octanol–water partition coefficient (Wildman–Crippen LogP) is 2.84. The van der Waals surface area contributed by atoms with E-state index in [1.165, 1.54) is 13.2 Å². The summed E-state index contributed by atoms with van der Waals surface area (Å²) in [5.41, 5.74) is 0.590. The monoisotopic (exact) mass is 312 g/mol. The number of ether oxygens (including phenoxy) is 1. The quantitative estimate of drug-likeness (QED) is 0.820. The number of halogens is 1. The number of methoxy groups -OCH3 is 1. The zero-order valence-electron chi connectivity index (χ0n) is 12.7. The van der Waals surface area contributed by atoms with E-state index in [9.17, 15) is 9.59 Å². The summed E-state index contributed by atoms with van der Waals surface area (Å²) >= 11 is 5.86. The molecule has 1 rings (SSSR count). The van der Waals surface area contributed by atoms with E-state index in [1.54, 1.807) is 12.1 Å². The van der Waals surface area contributed by atoms with Crippen LogP contribution < -0.4 is 10.6 Å². The van der Waals surface area contributed by atoms with Crippen LogP contribution in [0.5, 0.6) is 0 Å². The molecule has 0 aliphatic rings. The zero-order chi connectivity index (χ0) is 16.0. The Balaban J connectivity index is 2.70. The van der Waals surface area contributed by atoms with Gasteiger partial charge in [0, 0.05) is 23.5 Å². The maximum absolute atomic E-state index is 11.9. The molecular weight excluding hydrogens is 292 g/mol. The van der Waals surface area contributed by atoms with Gasteiger partial charge in [-0.25, -0.2) is 4.79 Å². The van der Waals surface area contributed by atoms with Gasteiger partial charge >= 0.3 is 5.97 Å². The van der Waals surface area contributed by atoms with Gasteiger partial charge in [0.15, 0.2) is 0 Å². The Kier molecular flexibility index (Phi) is 6.18. The first-order valence-electron chi connectivity index (χ1n) is 6.65. The number of nitrogens with one attached hydrogen (secondary N) is 2. The fourth-order valence-electron chi connectivity index (χ4n) is 1.67. The van der Waals surface area contributed by atoms with E-state index in [4.69, 9.17) is 11.6 Å². The van der Waals surface area contributed by atoms with Gasteiger partial charge in [0.2, 0.25) is 5.91 Å². The van der Waals surface area contributed by atoms with Crippen molar-refractivity contribution < 1.29 is 14.3 Å². The molecule has 6 heteroatoms. The summed E-state index contributed by atoms with van der Waals surface area (Å²) in [7, 11) is 1.28. The van der Waals surface area contributed by atoms with Crippen molar-refractivity contribution in [3.05, 3.63) is 28.8 Å². The predicted molar refractivity (Wildman–Crippen MR) is 83.8 cm³/mol. The van der Waals surface area contributed by atoms with Crippen molar-refractivity contribution in [2.45, 2.75) is 32.7 Å². The molecule has 0 spiro atoms. The fraction of sp³-hybridized carbons (Fsp3) is 0.467. The van der Waals surface area contributed by atoms with Crippen LogP contribution in [0.15, 0.2) is 18.2 Å². The number of hydrogen-bond acceptors (Lipinski definition) is 4. The lowest BCUT2D eigenvalue weighted by Crippen LogP contribution is -2.37. The van der Waals surface area contributed by atoms with Gasteiger partial charge in [-0.05, 0) is 39.0 Å². The van der Waals surface area contributed by atoms with Crippen LogP contribution in [-0.4, -0.2) is 31.1 Å². The average molecular weight is 313 g/mol. The van der Waals surface area contributed by atoms with Crippen LogP contribution in [0.4, 0.5) is 5.69 Å². The summed E-state index contributed by atoms with van der Waals surface area (Å²) in [6, 6.07) is 4.66. The summed E-state index contributed by atoms with van der Waals surface area (Å²) in [5.74, 6) is -0.722. The number of benzene rings is 1. The average Bonchev–Trinajstić information content (AvgIpc) is 2.38. The van der Waals surface area contributed by atoms with E-state index >= 15 is 0 Å². The third kappa shape index (κ3) is 6.14. The van der Waals surface area contributed by atoms with Gasteiger partial charge in [0.1, 0.15) is 0 Å². The molecule has 1 amide bonds. The Morgan fingerprint density at radius 2 is 1.95 bits per heavy atom. The van der Waals surface area contributed by atoms with Crippen molar-refractivity contribution in [3.8, 4) is 0 Å². The summed E-state index contributed by atoms with van der Waals surface area (Å²) in [6.45, 7) is 6.63. The van der Waals surface area contributed by atoms with Gasteiger partial charge in [-0.15, -0.1) is 0 Å². The summed E-state index contributed by atoms with van der Waals surface area (Å²) < 4.78 is 4.68. The number of rotatable bonds is 5. The van der Waals surface area contributed by atoms with Crippen molar-refractivity contribution in [1.29, 1.82) is 0 Å². The maximum Gasteiger partial charge on any atom is 0.340 e. The molecule has 0 aliphatic carbocycles. The van der Waals surface area contributed by atoms with Crippen LogP contribution in [-0.2, 0) is 9.53 Å². The first-order valence-corrected chi connectivity index (χ1v) is 7.03. The third-order valence-corrected chi connectivity index (χ3v) is 2.90. The second-order valence-electron chi connectivity index (χ2n) is 5.66. The van der Waals surface area contributed by atoms with Crippen molar-refractivity contribution in [2.24, 2.45) is 0 Å². The van der Waals surface area contributed by atoms with Crippen LogP contribution in [0, 0.1) is 0 Å². The first-order chi connectivity index (χ1) is 9.73. The first kappa shape index (κ1) is 17.5. The normalized spacial score (nSPS) is 11.1. The molecule has 0 fully saturated rings. The van der Waals surface area contributed by atoms with Crippen molar-refractivity contribution in [3.63, 3.8) is 0 Å². The molecular formula is C15H21ClN2O3. The summed E-state index contributed by atoms with van der Waals surface area (Å²) in [4.78, 5) is 23.6. The van der Waals surface area contributed by atoms with Crippen LogP contribution in [0.1, 0.15) is 37.6 Å². The fourth-order valence-corrected chi connectivity index (χ4v) is 1.84. The number of esters is 1. The van der Waals surface area contributed by atoms with Crippen LogP contribution in [0.3, 0.4) is 0 Å². The molecule has 21 heavy (non-hydrogen) atoms. The Morgan fingerprint density at radius 3 is 2.52 bits per heavy atom. The Labute approximate surface area is 130 Å². The SMILES string of the molecule is COC(=O)c1cc(Cl)ccc1NC(=O)CCNC(C)(C)C. The van der Waals surface area contributed by atoms with E-state index < -0.39 is 5.97 Å². The molecule has 0 saturated heterocycles. The number of hydrogen-bond donors (Lipinski definition) is 2. The van der Waals surface area contributed by atoms with Crippen LogP contribution in [0.25, 0.3) is 0 Å². The Morgan fingerprint density at radius 1 is 1.29 bits per heavy atom. The van der Waals surface area contributed by atoms with Crippen LogP contribution in [0.2, 0.25) is 5.02 Å². The third-order valence-electron chi connectivity index (χ3n) is 2.67. The molecule has 0 atom stereocenters. The molecule has 0 unspecified atom stereocenters. The topological polar surface area (TPSA) is 67.4 Å². The van der Waals surface area contributed by atoms with Crippen molar-refractivity contribution in [1.82, 2.24) is 5.32 Å². The summed E-state index contributed by atoms with van der Waals surface area (Å²) in [5, 5.41) is 6.33. The zero-order valence-corrected chi connectivity index (χ0v) is 13.5. The highest BCUT2D eigenvalue weighted by Crippen LogP contribution is 2.21. The minimum Gasteiger partial charge on any atom is -0.465 e. The molecule has 0 aliphatic heterocycles. The van der Waals surface area contributed by atoms with Gasteiger partial charge in [-0.2, -0.15) is 0 Å². The maximum atomic E-state index is 11.9. The standard InChI is InChI=1S/C15H21ClN2O3/c1-15(2,3)17-8-7-13(19)18-12-6-5-10(16)9-11(12)14(20)21-4/h5-6,9,17H,7-8H2,1-4H3,(H,18,19). The molecule has 116 valence electrons. The van der Waals surface area contributed by atoms with Gasteiger partial charge in [0.05, 0.1) is 18.4 Å². The molecule has 0 bridgehead atoms. The Bertz CT molecular complexity index is 524. The second-order valence-corrected chi connectivity index (χ2v) is 6.09. The summed E-state index contributed by atoms with van der Waals surface area (Å²) in [6.07, 6.45) is 0.306. The lowest BCUT2D eigenvalue weighted by atomic mass is 10.1. The number of carbonyl (C=O) groups is 2. The molecule has 1 aromatic carbocycles. The highest BCUT2D eigenvalue weighted by Gasteiger charge is 2.15. The molecule has 0 aromatic heterocycles. The smallest absolute Gasteiger partial charge is 0.340 e. The lowest BCUT2D eigenvalue weighted by molar-refractivity contribution is -0.116. The highest BCUT2D eigenvalue weighted by molar-refractivity contribution is 6.31. The van der Waals surface area contributed by atoms with Crippen LogP contribution >= 0.6 is 11.6 Å². The number of amides is 1. The van der Waals surface area contributed by atoms with E-state index in [2.05, 4.69) is 15.4 Å². The largest absolute Gasteiger partial charge is 0.465 e. The molecule has 0 saturated carbocycles. The lowest BCUT2D eigenvalue weighted by Gasteiger charge is -2.20. The molecule has 0 radical (unpaired) electrons. The Hall–Kier alpha value is -1.59. The number of anilines is 1. The minimum atomic E-state index is -0.541. The molecule has 0 heterocycles. The van der Waals surface area contributed by atoms with Gasteiger partial charge in [-0.1, -0.05) is 11.6 Å². The van der Waals surface area contributed by atoms with Gasteiger partial charge < -0.3 is 15.4 Å². The number of carbonyl (C=O) groups excluding carboxylic acids is 2. The van der Waals surface area contributed by atoms with Crippen molar-refractivity contribution >= 4 is 29.2 Å². The van der Waals surface area contributed by atoms with Crippen molar-refractivity contribution in [2.75, 3.05) is 19.0 Å². The van der Waals surface area contributed by atoms with E-state index in [0.29, 0.717) is 23.7 Å². The van der Waals surface area contributed by atoms with E-state index in [-0.39, 0.29) is 17.0 Å². The minimum absolute atomic E-state index is 0.0439. The molecule has 5 nitrogen and oxygen atoms in total. The van der Waals surface area contributed by atoms with E-state index in [1.807, 2.05) is 20.8 Å². The van der Waals surface area contributed by atoms with Gasteiger partial charge in [0.25, 0.3) is 0 Å². The highest BCUT2D eigenvalue weighted by atomic mass is 35.5.